The number of fused-ring (bicyclic) bond motifs is 8. The number of hydrogen-bond donors (Lipinski definition) is 0. The number of benzene rings is 5. The molecule has 0 unspecified atom stereocenters. The van der Waals surface area contributed by atoms with E-state index >= 15 is 0 Å². The molecule has 0 spiro atoms. The van der Waals surface area contributed by atoms with E-state index in [4.69, 9.17) is 0 Å². The zero-order valence-electron chi connectivity index (χ0n) is 22.3. The van der Waals surface area contributed by atoms with Crippen LogP contribution in [0.2, 0.25) is 0 Å². The summed E-state index contributed by atoms with van der Waals surface area (Å²) >= 11 is 0. The smallest absolute Gasteiger partial charge is 0.0809 e. The van der Waals surface area contributed by atoms with Gasteiger partial charge in [-0.15, -0.1) is 0 Å². The topological polar surface area (TPSA) is 14.3 Å². The predicted octanol–water partition coefficient (Wildman–Crippen LogP) is 9.80. The summed E-state index contributed by atoms with van der Waals surface area (Å²) < 4.78 is 7.19. The van der Waals surface area contributed by atoms with E-state index in [0.717, 1.165) is 5.69 Å². The van der Waals surface area contributed by atoms with Crippen LogP contribution < -0.4 is 0 Å². The van der Waals surface area contributed by atoms with Crippen LogP contribution in [-0.4, -0.2) is 13.5 Å². The van der Waals surface area contributed by atoms with Gasteiger partial charge in [0.05, 0.1) is 33.3 Å². The molecule has 3 nitrogen and oxygen atoms in total. The summed E-state index contributed by atoms with van der Waals surface area (Å²) in [6.07, 6.45) is 2.19. The number of rotatable bonds is 3. The van der Waals surface area contributed by atoms with E-state index < -0.39 is 0 Å². The Balaban J connectivity index is 1.44. The predicted molar refractivity (Wildman–Crippen MR) is 172 cm³/mol. The van der Waals surface area contributed by atoms with Crippen LogP contribution in [0.1, 0.15) is 0 Å². The van der Waals surface area contributed by atoms with Crippen LogP contribution >= 0.6 is 0 Å². The van der Waals surface area contributed by atoms with Crippen molar-refractivity contribution in [3.63, 3.8) is 0 Å². The molecule has 0 radical (unpaired) electrons. The Morgan fingerprint density at radius 3 is 1.80 bits per heavy atom. The molecule has 41 heavy (non-hydrogen) atoms. The maximum Gasteiger partial charge on any atom is 0.0809 e. The lowest BCUT2D eigenvalue weighted by molar-refractivity contribution is 1.15. The van der Waals surface area contributed by atoms with Gasteiger partial charge in [-0.3, -0.25) is 0 Å². The quantitative estimate of drug-likeness (QED) is 0.219. The van der Waals surface area contributed by atoms with E-state index in [-0.39, 0.29) is 0 Å². The Labute approximate surface area is 236 Å². The third-order valence-corrected chi connectivity index (χ3v) is 8.43. The molecule has 0 saturated carbocycles. The fourth-order valence-corrected chi connectivity index (χ4v) is 6.77. The summed E-state index contributed by atoms with van der Waals surface area (Å²) in [6, 6.07) is 52.4. The first-order chi connectivity index (χ1) is 20.4. The minimum Gasteiger partial charge on any atom is -0.314 e. The van der Waals surface area contributed by atoms with Gasteiger partial charge in [-0.1, -0.05) is 91.0 Å². The van der Waals surface area contributed by atoms with Crippen molar-refractivity contribution in [1.82, 2.24) is 13.5 Å². The monoisotopic (exact) mass is 523 g/mol. The van der Waals surface area contributed by atoms with Crippen molar-refractivity contribution in [2.24, 2.45) is 0 Å². The van der Waals surface area contributed by atoms with E-state index in [1.54, 1.807) is 0 Å². The number of para-hydroxylation sites is 3. The third kappa shape index (κ3) is 3.09. The molecular formula is C38H25N3. The van der Waals surface area contributed by atoms with E-state index in [1.807, 2.05) is 0 Å². The number of aromatic nitrogens is 3. The van der Waals surface area contributed by atoms with Crippen LogP contribution in [0, 0.1) is 0 Å². The summed E-state index contributed by atoms with van der Waals surface area (Å²) in [6.45, 7) is 0. The van der Waals surface area contributed by atoms with Crippen molar-refractivity contribution >= 4 is 49.1 Å². The van der Waals surface area contributed by atoms with Gasteiger partial charge in [-0.2, -0.15) is 0 Å². The Morgan fingerprint density at radius 2 is 1.00 bits per heavy atom. The first-order valence-electron chi connectivity index (χ1n) is 14.0. The lowest BCUT2D eigenvalue weighted by atomic mass is 10.1. The first kappa shape index (κ1) is 22.3. The van der Waals surface area contributed by atoms with E-state index in [0.29, 0.717) is 0 Å². The maximum absolute atomic E-state index is 2.47. The maximum atomic E-state index is 2.47. The Bertz CT molecular complexity index is 2400. The highest BCUT2D eigenvalue weighted by Gasteiger charge is 2.23. The van der Waals surface area contributed by atoms with Gasteiger partial charge >= 0.3 is 0 Å². The molecule has 0 N–H and O–H groups in total. The second-order valence-corrected chi connectivity index (χ2v) is 10.6. The second-order valence-electron chi connectivity index (χ2n) is 10.6. The van der Waals surface area contributed by atoms with E-state index in [2.05, 4.69) is 165 Å². The zero-order chi connectivity index (χ0) is 26.9. The molecule has 9 aromatic rings. The highest BCUT2D eigenvalue weighted by Crippen LogP contribution is 2.43. The van der Waals surface area contributed by atoms with Crippen LogP contribution in [-0.2, 0) is 0 Å². The van der Waals surface area contributed by atoms with Gasteiger partial charge in [0.2, 0.25) is 0 Å². The Morgan fingerprint density at radius 1 is 0.390 bits per heavy atom. The van der Waals surface area contributed by atoms with Crippen LogP contribution in [0.15, 0.2) is 152 Å². The lowest BCUT2D eigenvalue weighted by Gasteiger charge is -2.12. The molecule has 0 atom stereocenters. The molecule has 0 bridgehead atoms. The number of pyridine rings is 1. The molecule has 4 heterocycles. The largest absolute Gasteiger partial charge is 0.314 e. The fourth-order valence-electron chi connectivity index (χ4n) is 6.77. The minimum absolute atomic E-state index is 1.16. The average molecular weight is 524 g/mol. The number of hydrogen-bond acceptors (Lipinski definition) is 0. The summed E-state index contributed by atoms with van der Waals surface area (Å²) in [7, 11) is 0. The average Bonchev–Trinajstić information content (AvgIpc) is 3.67. The summed E-state index contributed by atoms with van der Waals surface area (Å²) in [5, 5.41) is 5.05. The molecule has 192 valence electrons. The van der Waals surface area contributed by atoms with Crippen molar-refractivity contribution in [2.75, 3.05) is 0 Å². The van der Waals surface area contributed by atoms with Gasteiger partial charge < -0.3 is 13.5 Å². The van der Waals surface area contributed by atoms with Gasteiger partial charge in [0.1, 0.15) is 0 Å². The van der Waals surface area contributed by atoms with Gasteiger partial charge in [-0.25, -0.2) is 0 Å². The molecule has 0 amide bonds. The zero-order valence-corrected chi connectivity index (χ0v) is 22.3. The van der Waals surface area contributed by atoms with Crippen molar-refractivity contribution in [3.05, 3.63) is 152 Å². The molecule has 3 heteroatoms. The normalized spacial score (nSPS) is 11.9. The van der Waals surface area contributed by atoms with Gasteiger partial charge in [0, 0.05) is 44.7 Å². The van der Waals surface area contributed by atoms with E-state index in [1.165, 1.54) is 66.1 Å². The SMILES string of the molecule is c1ccc(-c2c3c(c4ccccc4n3-c3ccc4c(c3)c3ccccc3n4-c3ccccc3)c3ccccn23)cc1. The van der Waals surface area contributed by atoms with Gasteiger partial charge in [0.25, 0.3) is 0 Å². The van der Waals surface area contributed by atoms with Crippen molar-refractivity contribution in [3.8, 4) is 22.6 Å². The highest BCUT2D eigenvalue weighted by atomic mass is 15.0. The second kappa shape index (κ2) is 8.48. The molecule has 5 aromatic carbocycles. The van der Waals surface area contributed by atoms with Gasteiger partial charge in [-0.05, 0) is 54.6 Å². The first-order valence-corrected chi connectivity index (χ1v) is 14.0. The van der Waals surface area contributed by atoms with Crippen LogP contribution in [0.5, 0.6) is 0 Å². The van der Waals surface area contributed by atoms with Crippen LogP contribution in [0.25, 0.3) is 71.8 Å². The minimum atomic E-state index is 1.16. The number of nitrogens with zero attached hydrogens (tertiary/aromatic N) is 3. The third-order valence-electron chi connectivity index (χ3n) is 8.43. The van der Waals surface area contributed by atoms with Gasteiger partial charge in [0.15, 0.2) is 0 Å². The summed E-state index contributed by atoms with van der Waals surface area (Å²) in [4.78, 5) is 0. The molecular weight excluding hydrogens is 498 g/mol. The lowest BCUT2D eigenvalue weighted by Crippen LogP contribution is -1.97. The van der Waals surface area contributed by atoms with Crippen molar-refractivity contribution in [1.29, 1.82) is 0 Å². The van der Waals surface area contributed by atoms with Crippen LogP contribution in [0.4, 0.5) is 0 Å². The fraction of sp³-hybridized carbons (Fsp3) is 0. The van der Waals surface area contributed by atoms with E-state index in [9.17, 15) is 0 Å². The molecule has 0 saturated heterocycles. The van der Waals surface area contributed by atoms with Crippen molar-refractivity contribution < 1.29 is 0 Å². The molecule has 0 fully saturated rings. The highest BCUT2D eigenvalue weighted by molar-refractivity contribution is 6.21. The van der Waals surface area contributed by atoms with Crippen molar-refractivity contribution in [2.45, 2.75) is 0 Å². The Kier molecular flexibility index (Phi) is 4.61. The Hall–Kier alpha value is -5.54. The summed E-state index contributed by atoms with van der Waals surface area (Å²) in [5.41, 5.74) is 10.8. The standard InChI is InChI=1S/C38H25N3/c1-3-13-26(14-4-1)37-38-36(35-21-11-12-24-39(35)37)30-18-8-10-20-33(30)41(38)28-22-23-34-31(25-28)29-17-7-9-19-32(29)40(34)27-15-5-2-6-16-27/h1-25H. The molecule has 0 aliphatic heterocycles. The summed E-state index contributed by atoms with van der Waals surface area (Å²) in [5.74, 6) is 0. The molecule has 4 aromatic heterocycles. The molecule has 9 rings (SSSR count). The molecule has 0 aliphatic carbocycles. The van der Waals surface area contributed by atoms with Crippen LogP contribution in [0.3, 0.4) is 0 Å². The molecule has 0 aliphatic rings.